The van der Waals surface area contributed by atoms with E-state index in [9.17, 15) is 5.11 Å². The summed E-state index contributed by atoms with van der Waals surface area (Å²) in [7, 11) is 0. The van der Waals surface area contributed by atoms with Gasteiger partial charge in [-0.2, -0.15) is 0 Å². The van der Waals surface area contributed by atoms with Crippen molar-refractivity contribution in [2.75, 3.05) is 0 Å². The molecule has 3 rings (SSSR count). The van der Waals surface area contributed by atoms with E-state index in [0.29, 0.717) is 21.4 Å². The van der Waals surface area contributed by atoms with Crippen molar-refractivity contribution < 1.29 is 9.84 Å². The summed E-state index contributed by atoms with van der Waals surface area (Å²) in [4.78, 5) is 4.26. The van der Waals surface area contributed by atoms with Crippen LogP contribution in [0.5, 0.6) is 11.5 Å². The maximum atomic E-state index is 9.85. The van der Waals surface area contributed by atoms with E-state index < -0.39 is 6.23 Å². The van der Waals surface area contributed by atoms with Gasteiger partial charge in [0.1, 0.15) is 11.5 Å². The van der Waals surface area contributed by atoms with Crippen LogP contribution in [0.4, 0.5) is 0 Å². The number of aromatic hydroxyl groups is 1. The van der Waals surface area contributed by atoms with E-state index >= 15 is 0 Å². The third-order valence-corrected chi connectivity index (χ3v) is 3.29. The van der Waals surface area contributed by atoms with E-state index in [1.165, 1.54) is 6.07 Å². The SMILES string of the molecule is Oc1ccc(Cl)cc1C1N=Cc2cc(Cl)ccc2O1. The first-order valence-electron chi connectivity index (χ1n) is 5.61. The number of fused-ring (bicyclic) bond motifs is 1. The Bertz CT molecular complexity index is 670. The molecule has 2 aromatic carbocycles. The van der Waals surface area contributed by atoms with Crippen LogP contribution in [-0.4, -0.2) is 11.3 Å². The van der Waals surface area contributed by atoms with Crippen LogP contribution >= 0.6 is 23.2 Å². The molecule has 2 aromatic rings. The fourth-order valence-electron chi connectivity index (χ4n) is 1.89. The molecule has 3 nitrogen and oxygen atoms in total. The molecule has 1 aliphatic rings. The summed E-state index contributed by atoms with van der Waals surface area (Å²) in [5.74, 6) is 0.771. The molecule has 0 spiro atoms. The van der Waals surface area contributed by atoms with Gasteiger partial charge in [0, 0.05) is 21.8 Å². The number of hydrogen-bond donors (Lipinski definition) is 1. The number of phenols is 1. The number of rotatable bonds is 1. The molecule has 1 atom stereocenters. The van der Waals surface area contributed by atoms with Gasteiger partial charge in [-0.1, -0.05) is 23.2 Å². The molecule has 19 heavy (non-hydrogen) atoms. The largest absolute Gasteiger partial charge is 0.507 e. The van der Waals surface area contributed by atoms with Gasteiger partial charge in [0.25, 0.3) is 0 Å². The van der Waals surface area contributed by atoms with Crippen LogP contribution in [0.2, 0.25) is 10.0 Å². The van der Waals surface area contributed by atoms with Crippen LogP contribution in [0, 0.1) is 0 Å². The first-order chi connectivity index (χ1) is 9.13. The Morgan fingerprint density at radius 2 is 1.79 bits per heavy atom. The normalized spacial score (nSPS) is 16.8. The Kier molecular flexibility index (Phi) is 3.09. The highest BCUT2D eigenvalue weighted by Gasteiger charge is 2.21. The highest BCUT2D eigenvalue weighted by Crippen LogP contribution is 2.35. The van der Waals surface area contributed by atoms with E-state index in [1.807, 2.05) is 0 Å². The van der Waals surface area contributed by atoms with Gasteiger partial charge in [-0.3, -0.25) is 0 Å². The molecule has 0 bridgehead atoms. The van der Waals surface area contributed by atoms with Crippen molar-refractivity contribution in [2.45, 2.75) is 6.23 Å². The summed E-state index contributed by atoms with van der Waals surface area (Å²) in [5.41, 5.74) is 1.34. The van der Waals surface area contributed by atoms with Gasteiger partial charge in [-0.25, -0.2) is 4.99 Å². The molecule has 0 radical (unpaired) electrons. The lowest BCUT2D eigenvalue weighted by Crippen LogP contribution is -2.11. The molecular weight excluding hydrogens is 285 g/mol. The van der Waals surface area contributed by atoms with Gasteiger partial charge >= 0.3 is 0 Å². The Labute approximate surface area is 120 Å². The van der Waals surface area contributed by atoms with Crippen LogP contribution in [0.15, 0.2) is 41.4 Å². The number of benzene rings is 2. The van der Waals surface area contributed by atoms with Crippen LogP contribution in [-0.2, 0) is 0 Å². The smallest absolute Gasteiger partial charge is 0.219 e. The predicted molar refractivity (Wildman–Crippen MR) is 75.5 cm³/mol. The predicted octanol–water partition coefficient (Wildman–Crippen LogP) is 4.21. The molecule has 0 amide bonds. The Morgan fingerprint density at radius 1 is 1.05 bits per heavy atom. The van der Waals surface area contributed by atoms with E-state index in [-0.39, 0.29) is 5.75 Å². The zero-order valence-corrected chi connectivity index (χ0v) is 11.2. The summed E-state index contributed by atoms with van der Waals surface area (Å²) < 4.78 is 5.73. The summed E-state index contributed by atoms with van der Waals surface area (Å²) >= 11 is 11.8. The summed E-state index contributed by atoms with van der Waals surface area (Å²) in [6.07, 6.45) is 1.07. The maximum absolute atomic E-state index is 9.85. The second kappa shape index (κ2) is 4.76. The van der Waals surface area contributed by atoms with Crippen LogP contribution in [0.3, 0.4) is 0 Å². The van der Waals surface area contributed by atoms with Crippen molar-refractivity contribution in [3.05, 3.63) is 57.6 Å². The number of ether oxygens (including phenoxy) is 1. The van der Waals surface area contributed by atoms with Crippen LogP contribution < -0.4 is 4.74 Å². The fourth-order valence-corrected chi connectivity index (χ4v) is 2.25. The van der Waals surface area contributed by atoms with Crippen molar-refractivity contribution in [3.8, 4) is 11.5 Å². The average molecular weight is 294 g/mol. The van der Waals surface area contributed by atoms with Crippen molar-refractivity contribution in [1.82, 2.24) is 0 Å². The molecule has 0 aliphatic carbocycles. The summed E-state index contributed by atoms with van der Waals surface area (Å²) in [5, 5.41) is 11.0. The van der Waals surface area contributed by atoms with Gasteiger partial charge in [0.2, 0.25) is 6.23 Å². The number of phenolic OH excluding ortho intramolecular Hbond substituents is 1. The second-order valence-corrected chi connectivity index (χ2v) is 5.01. The second-order valence-electron chi connectivity index (χ2n) is 4.13. The highest BCUT2D eigenvalue weighted by molar-refractivity contribution is 6.31. The van der Waals surface area contributed by atoms with Crippen molar-refractivity contribution in [2.24, 2.45) is 4.99 Å². The summed E-state index contributed by atoms with van der Waals surface area (Å²) in [6, 6.07) is 10.1. The molecule has 1 N–H and O–H groups in total. The summed E-state index contributed by atoms with van der Waals surface area (Å²) in [6.45, 7) is 0. The van der Waals surface area contributed by atoms with E-state index in [2.05, 4.69) is 4.99 Å². The average Bonchev–Trinajstić information content (AvgIpc) is 2.41. The Balaban J connectivity index is 1.98. The van der Waals surface area contributed by atoms with Gasteiger partial charge in [0.15, 0.2) is 0 Å². The highest BCUT2D eigenvalue weighted by atomic mass is 35.5. The minimum absolute atomic E-state index is 0.101. The molecule has 0 aromatic heterocycles. The van der Waals surface area contributed by atoms with E-state index in [1.54, 1.807) is 36.5 Å². The lowest BCUT2D eigenvalue weighted by molar-refractivity contribution is 0.207. The lowest BCUT2D eigenvalue weighted by atomic mass is 10.1. The van der Waals surface area contributed by atoms with Crippen molar-refractivity contribution in [1.29, 1.82) is 0 Å². The van der Waals surface area contributed by atoms with Gasteiger partial charge in [-0.15, -0.1) is 0 Å². The number of aliphatic imine (C=N–C) groups is 1. The quantitative estimate of drug-likeness (QED) is 0.856. The van der Waals surface area contributed by atoms with Gasteiger partial charge in [-0.05, 0) is 36.4 Å². The molecule has 0 saturated heterocycles. The first kappa shape index (κ1) is 12.3. The third-order valence-electron chi connectivity index (χ3n) is 2.82. The number of halogens is 2. The molecule has 96 valence electrons. The minimum atomic E-state index is -0.604. The number of nitrogens with zero attached hydrogens (tertiary/aromatic N) is 1. The fraction of sp³-hybridized carbons (Fsp3) is 0.0714. The molecule has 1 aliphatic heterocycles. The molecular formula is C14H9Cl2NO2. The first-order valence-corrected chi connectivity index (χ1v) is 6.37. The lowest BCUT2D eigenvalue weighted by Gasteiger charge is -2.21. The molecule has 0 fully saturated rings. The Hall–Kier alpha value is -1.71. The monoisotopic (exact) mass is 293 g/mol. The van der Waals surface area contributed by atoms with Crippen LogP contribution in [0.25, 0.3) is 0 Å². The molecule has 0 saturated carbocycles. The zero-order chi connectivity index (χ0) is 13.4. The Morgan fingerprint density at radius 3 is 2.63 bits per heavy atom. The van der Waals surface area contributed by atoms with Crippen LogP contribution in [0.1, 0.15) is 17.4 Å². The van der Waals surface area contributed by atoms with Gasteiger partial charge in [0.05, 0.1) is 5.56 Å². The van der Waals surface area contributed by atoms with E-state index in [0.717, 1.165) is 5.56 Å². The van der Waals surface area contributed by atoms with E-state index in [4.69, 9.17) is 27.9 Å². The maximum Gasteiger partial charge on any atom is 0.219 e. The minimum Gasteiger partial charge on any atom is -0.507 e. The standard InChI is InChI=1S/C14H9Cl2NO2/c15-9-2-4-13-8(5-9)7-17-14(19-13)11-6-10(16)1-3-12(11)18/h1-7,14,18H. The van der Waals surface area contributed by atoms with Crippen molar-refractivity contribution >= 4 is 29.4 Å². The zero-order valence-electron chi connectivity index (χ0n) is 9.68. The van der Waals surface area contributed by atoms with Gasteiger partial charge < -0.3 is 9.84 Å². The molecule has 5 heteroatoms. The van der Waals surface area contributed by atoms with Crippen molar-refractivity contribution in [3.63, 3.8) is 0 Å². The topological polar surface area (TPSA) is 41.8 Å². The third kappa shape index (κ3) is 2.39. The number of hydrogen-bond acceptors (Lipinski definition) is 3. The molecule has 1 heterocycles. The molecule has 1 unspecified atom stereocenters.